The van der Waals surface area contributed by atoms with Crippen molar-refractivity contribution in [2.24, 2.45) is 0 Å². The molecule has 0 spiro atoms. The van der Waals surface area contributed by atoms with Crippen LogP contribution in [-0.4, -0.2) is 4.57 Å². The fraction of sp³-hybridized carbons (Fsp3) is 0.160. The van der Waals surface area contributed by atoms with E-state index < -0.39 is 7.14 Å². The van der Waals surface area contributed by atoms with Crippen molar-refractivity contribution in [1.82, 2.24) is 4.57 Å². The normalized spacial score (nSPS) is 14.5. The number of fused-ring (bicyclic) bond motifs is 7. The molecule has 4 nitrogen and oxygen atoms in total. The summed E-state index contributed by atoms with van der Waals surface area (Å²) in [5.74, 6) is 0. The fourth-order valence-corrected chi connectivity index (χ4v) is 12.1. The van der Waals surface area contributed by atoms with Crippen molar-refractivity contribution in [2.75, 3.05) is 9.80 Å². The van der Waals surface area contributed by atoms with Crippen molar-refractivity contribution >= 4 is 79.0 Å². The molecule has 0 saturated heterocycles. The minimum atomic E-state index is -3.37. The van der Waals surface area contributed by atoms with Gasteiger partial charge >= 0.3 is 0 Å². The van der Waals surface area contributed by atoms with Crippen LogP contribution in [0.15, 0.2) is 158 Å². The summed E-state index contributed by atoms with van der Waals surface area (Å²) in [4.78, 5) is 4.66. The first-order chi connectivity index (χ1) is 26.4. The van der Waals surface area contributed by atoms with Crippen molar-refractivity contribution in [3.8, 4) is 5.69 Å². The number of anilines is 6. The van der Waals surface area contributed by atoms with Crippen LogP contribution in [-0.2, 0) is 15.4 Å². The molecule has 0 radical (unpaired) electrons. The molecule has 0 amide bonds. The molecule has 10 rings (SSSR count). The highest BCUT2D eigenvalue weighted by atomic mass is 31.2. The quantitative estimate of drug-likeness (QED) is 0.169. The Balaban J connectivity index is 1.37. The van der Waals surface area contributed by atoms with Crippen molar-refractivity contribution in [3.63, 3.8) is 0 Å². The van der Waals surface area contributed by atoms with Gasteiger partial charge in [0.15, 0.2) is 7.14 Å². The molecule has 0 atom stereocenters. The van der Waals surface area contributed by atoms with Crippen LogP contribution < -0.4 is 25.7 Å². The molecule has 0 aliphatic carbocycles. The minimum absolute atomic E-state index is 0.00540. The van der Waals surface area contributed by atoms with E-state index in [1.807, 2.05) is 12.1 Å². The fourth-order valence-electron chi connectivity index (χ4n) is 8.80. The van der Waals surface area contributed by atoms with Crippen LogP contribution in [0.5, 0.6) is 0 Å². The van der Waals surface area contributed by atoms with Gasteiger partial charge in [0, 0.05) is 32.8 Å². The first kappa shape index (κ1) is 33.7. The lowest BCUT2D eigenvalue weighted by Crippen LogP contribution is -2.43. The molecular formula is C50H44N3OP. The van der Waals surface area contributed by atoms with E-state index in [0.717, 1.165) is 66.8 Å². The van der Waals surface area contributed by atoms with E-state index in [-0.39, 0.29) is 10.8 Å². The molecule has 0 unspecified atom stereocenters. The minimum Gasteiger partial charge on any atom is -0.309 e. The average molecular weight is 734 g/mol. The molecule has 3 heterocycles. The van der Waals surface area contributed by atoms with Gasteiger partial charge in [-0.15, -0.1) is 0 Å². The van der Waals surface area contributed by atoms with Gasteiger partial charge < -0.3 is 18.9 Å². The van der Waals surface area contributed by atoms with Gasteiger partial charge in [-0.05, 0) is 107 Å². The van der Waals surface area contributed by atoms with Crippen LogP contribution in [0.3, 0.4) is 0 Å². The number of aromatic nitrogens is 1. The van der Waals surface area contributed by atoms with E-state index in [0.29, 0.717) is 0 Å². The lowest BCUT2D eigenvalue weighted by atomic mass is 9.85. The molecule has 2 aliphatic rings. The summed E-state index contributed by atoms with van der Waals surface area (Å²) in [5.41, 5.74) is 11.7. The lowest BCUT2D eigenvalue weighted by Gasteiger charge is -2.45. The van der Waals surface area contributed by atoms with Gasteiger partial charge in [0.1, 0.15) is 0 Å². The van der Waals surface area contributed by atoms with Gasteiger partial charge in [-0.25, -0.2) is 0 Å². The van der Waals surface area contributed by atoms with E-state index in [1.165, 1.54) is 21.9 Å². The second-order valence-corrected chi connectivity index (χ2v) is 19.7. The van der Waals surface area contributed by atoms with Crippen molar-refractivity contribution in [3.05, 3.63) is 169 Å². The smallest absolute Gasteiger partial charge is 0.179 e. The monoisotopic (exact) mass is 733 g/mol. The summed E-state index contributed by atoms with van der Waals surface area (Å²) in [6.07, 6.45) is 0. The molecule has 0 bridgehead atoms. The molecule has 0 saturated carbocycles. The topological polar surface area (TPSA) is 28.5 Å². The van der Waals surface area contributed by atoms with Gasteiger partial charge in [-0.2, -0.15) is 0 Å². The maximum Gasteiger partial charge on any atom is 0.179 e. The zero-order valence-electron chi connectivity index (χ0n) is 32.2. The van der Waals surface area contributed by atoms with Crippen molar-refractivity contribution in [1.29, 1.82) is 0 Å². The van der Waals surface area contributed by atoms with E-state index in [9.17, 15) is 0 Å². The highest BCUT2D eigenvalue weighted by Gasteiger charge is 2.48. The number of benzene rings is 7. The summed E-state index contributed by atoms with van der Waals surface area (Å²) in [5, 5.41) is 5.07. The van der Waals surface area contributed by atoms with Crippen LogP contribution in [0.2, 0.25) is 0 Å². The first-order valence-corrected chi connectivity index (χ1v) is 20.9. The molecule has 55 heavy (non-hydrogen) atoms. The maximum absolute atomic E-state index is 16.5. The van der Waals surface area contributed by atoms with Gasteiger partial charge in [-0.1, -0.05) is 114 Å². The highest BCUT2D eigenvalue weighted by Crippen LogP contribution is 2.61. The van der Waals surface area contributed by atoms with E-state index >= 15 is 4.57 Å². The molecular weight excluding hydrogens is 690 g/mol. The molecule has 0 fully saturated rings. The third-order valence-electron chi connectivity index (χ3n) is 11.6. The van der Waals surface area contributed by atoms with Crippen LogP contribution in [0.25, 0.3) is 27.5 Å². The summed E-state index contributed by atoms with van der Waals surface area (Å²) in [6.45, 7) is 13.7. The Kier molecular flexibility index (Phi) is 7.25. The largest absolute Gasteiger partial charge is 0.309 e. The summed E-state index contributed by atoms with van der Waals surface area (Å²) in [7, 11) is -3.37. The first-order valence-electron chi connectivity index (χ1n) is 19.2. The molecule has 7 aromatic carbocycles. The van der Waals surface area contributed by atoms with E-state index in [1.54, 1.807) is 0 Å². The van der Waals surface area contributed by atoms with Crippen LogP contribution in [0, 0.1) is 0 Å². The predicted octanol–water partition coefficient (Wildman–Crippen LogP) is 12.6. The molecule has 1 aromatic heterocycles. The van der Waals surface area contributed by atoms with Crippen LogP contribution in [0.1, 0.15) is 52.7 Å². The predicted molar refractivity (Wildman–Crippen MR) is 234 cm³/mol. The Morgan fingerprint density at radius 3 is 1.24 bits per heavy atom. The Morgan fingerprint density at radius 1 is 0.418 bits per heavy atom. The Hall–Kier alpha value is -5.83. The van der Waals surface area contributed by atoms with Gasteiger partial charge in [0.2, 0.25) is 0 Å². The zero-order chi connectivity index (χ0) is 37.9. The molecule has 270 valence electrons. The molecule has 2 aliphatic heterocycles. The third-order valence-corrected chi connectivity index (χ3v) is 14.8. The van der Waals surface area contributed by atoms with E-state index in [2.05, 4.69) is 202 Å². The second kappa shape index (κ2) is 11.8. The van der Waals surface area contributed by atoms with Gasteiger partial charge in [0.05, 0.1) is 44.8 Å². The van der Waals surface area contributed by atoms with Gasteiger partial charge in [-0.3, -0.25) is 0 Å². The van der Waals surface area contributed by atoms with E-state index in [4.69, 9.17) is 0 Å². The summed E-state index contributed by atoms with van der Waals surface area (Å²) >= 11 is 0. The maximum atomic E-state index is 16.5. The zero-order valence-corrected chi connectivity index (χ0v) is 33.1. The second-order valence-electron chi connectivity index (χ2n) is 17.1. The molecule has 5 heteroatoms. The van der Waals surface area contributed by atoms with Crippen molar-refractivity contribution < 1.29 is 4.57 Å². The highest BCUT2D eigenvalue weighted by molar-refractivity contribution is 7.86. The summed E-state index contributed by atoms with van der Waals surface area (Å²) < 4.78 is 18.9. The SMILES string of the molecule is CC(C)(C)c1ccc2c(c1)c1cc(C(C)(C)C)ccc1n2-c1cc2c3c(c1)N(c1ccccc1)c1ccccc1P3(=O)c1ccccc1N2c1ccccc1. The average Bonchev–Trinajstić information content (AvgIpc) is 3.51. The van der Waals surface area contributed by atoms with Gasteiger partial charge in [0.25, 0.3) is 0 Å². The number of hydrogen-bond donors (Lipinski definition) is 0. The number of hydrogen-bond acceptors (Lipinski definition) is 3. The van der Waals surface area contributed by atoms with Crippen LogP contribution in [0.4, 0.5) is 34.1 Å². The molecule has 0 N–H and O–H groups in total. The summed E-state index contributed by atoms with van der Waals surface area (Å²) in [6, 6.07) is 56.2. The lowest BCUT2D eigenvalue weighted by molar-refractivity contribution is 0.590. The van der Waals surface area contributed by atoms with Crippen molar-refractivity contribution in [2.45, 2.75) is 52.4 Å². The van der Waals surface area contributed by atoms with Crippen LogP contribution >= 0.6 is 7.14 Å². The Labute approximate surface area is 323 Å². The number of para-hydroxylation sites is 4. The standard InChI is InChI=1S/C50H44N3OP/c1-49(2,3)33-25-27-40-38(29-33)39-30-34(50(4,5)6)26-28-41(39)53(40)37-31-44-48-45(32-37)52(36-19-11-8-12-20-36)43-22-14-16-24-47(43)55(48,54)46-23-15-13-21-42(46)51(44)35-17-9-7-10-18-35/h7-32H,1-6H3. The number of nitrogens with zero attached hydrogens (tertiary/aromatic N) is 3. The molecule has 8 aromatic rings. The third kappa shape index (κ3) is 4.94. The number of rotatable bonds is 3. The Morgan fingerprint density at radius 2 is 0.818 bits per heavy atom. The Bertz CT molecular complexity index is 2690.